The van der Waals surface area contributed by atoms with Gasteiger partial charge in [-0.25, -0.2) is 0 Å². The number of nitrogens with zero attached hydrogens (tertiary/aromatic N) is 1. The Balaban J connectivity index is 1.59. The van der Waals surface area contributed by atoms with Crippen molar-refractivity contribution >= 4 is 11.8 Å². The Labute approximate surface area is 115 Å². The highest BCUT2D eigenvalue weighted by atomic mass is 16.2. The van der Waals surface area contributed by atoms with E-state index < -0.39 is 0 Å². The first-order chi connectivity index (χ1) is 9.16. The van der Waals surface area contributed by atoms with Gasteiger partial charge in [0.25, 0.3) is 0 Å². The molecular formula is C15H26N2O2. The van der Waals surface area contributed by atoms with Crippen LogP contribution in [0.25, 0.3) is 0 Å². The van der Waals surface area contributed by atoms with Crippen molar-refractivity contribution in [2.75, 3.05) is 19.6 Å². The SMILES string of the molecule is CC1CCCN(C(=O)CCCNC(=O)C2CC2)CC1. The van der Waals surface area contributed by atoms with E-state index in [0.29, 0.717) is 13.0 Å². The topological polar surface area (TPSA) is 49.4 Å². The molecule has 1 unspecified atom stereocenters. The first kappa shape index (κ1) is 14.4. The molecule has 4 heteroatoms. The van der Waals surface area contributed by atoms with Crippen molar-refractivity contribution in [1.82, 2.24) is 10.2 Å². The van der Waals surface area contributed by atoms with Crippen LogP contribution in [0.2, 0.25) is 0 Å². The molecule has 2 amide bonds. The van der Waals surface area contributed by atoms with Crippen molar-refractivity contribution in [1.29, 1.82) is 0 Å². The van der Waals surface area contributed by atoms with Crippen LogP contribution in [-0.4, -0.2) is 36.3 Å². The van der Waals surface area contributed by atoms with E-state index in [1.807, 2.05) is 4.90 Å². The predicted octanol–water partition coefficient (Wildman–Crippen LogP) is 1.94. The molecule has 0 aromatic heterocycles. The second kappa shape index (κ2) is 6.92. The van der Waals surface area contributed by atoms with Crippen molar-refractivity contribution in [3.63, 3.8) is 0 Å². The number of hydrogen-bond acceptors (Lipinski definition) is 2. The Kier molecular flexibility index (Phi) is 5.23. The maximum atomic E-state index is 12.1. The van der Waals surface area contributed by atoms with Gasteiger partial charge in [-0.2, -0.15) is 0 Å². The molecule has 1 atom stereocenters. The molecule has 1 saturated carbocycles. The van der Waals surface area contributed by atoms with E-state index in [2.05, 4.69) is 12.2 Å². The van der Waals surface area contributed by atoms with Crippen molar-refractivity contribution < 1.29 is 9.59 Å². The molecule has 2 fully saturated rings. The lowest BCUT2D eigenvalue weighted by Crippen LogP contribution is -2.33. The van der Waals surface area contributed by atoms with Gasteiger partial charge in [0.05, 0.1) is 0 Å². The quantitative estimate of drug-likeness (QED) is 0.773. The fraction of sp³-hybridized carbons (Fsp3) is 0.867. The van der Waals surface area contributed by atoms with Crippen LogP contribution in [0.4, 0.5) is 0 Å². The summed E-state index contributed by atoms with van der Waals surface area (Å²) in [6, 6.07) is 0. The third kappa shape index (κ3) is 4.84. The predicted molar refractivity (Wildman–Crippen MR) is 74.6 cm³/mol. The van der Waals surface area contributed by atoms with E-state index in [-0.39, 0.29) is 17.7 Å². The Bertz CT molecular complexity index is 326. The van der Waals surface area contributed by atoms with Crippen molar-refractivity contribution in [3.05, 3.63) is 0 Å². The molecule has 1 aliphatic carbocycles. The molecule has 0 aromatic carbocycles. The van der Waals surface area contributed by atoms with Gasteiger partial charge < -0.3 is 10.2 Å². The monoisotopic (exact) mass is 266 g/mol. The number of carbonyl (C=O) groups excluding carboxylic acids is 2. The van der Waals surface area contributed by atoms with E-state index >= 15 is 0 Å². The lowest BCUT2D eigenvalue weighted by Gasteiger charge is -2.20. The maximum absolute atomic E-state index is 12.1. The van der Waals surface area contributed by atoms with Crippen LogP contribution < -0.4 is 5.32 Å². The fourth-order valence-corrected chi connectivity index (χ4v) is 2.61. The lowest BCUT2D eigenvalue weighted by atomic mass is 10.0. The minimum Gasteiger partial charge on any atom is -0.356 e. The molecule has 19 heavy (non-hydrogen) atoms. The summed E-state index contributed by atoms with van der Waals surface area (Å²) in [5.74, 6) is 1.45. The number of hydrogen-bond donors (Lipinski definition) is 1. The molecular weight excluding hydrogens is 240 g/mol. The summed E-state index contributed by atoms with van der Waals surface area (Å²) < 4.78 is 0. The Morgan fingerprint density at radius 2 is 1.95 bits per heavy atom. The average Bonchev–Trinajstić information content (AvgIpc) is 3.21. The molecule has 1 saturated heterocycles. The third-order valence-corrected chi connectivity index (χ3v) is 4.18. The van der Waals surface area contributed by atoms with Crippen LogP contribution in [0, 0.1) is 11.8 Å². The van der Waals surface area contributed by atoms with Gasteiger partial charge in [0.2, 0.25) is 11.8 Å². The highest BCUT2D eigenvalue weighted by molar-refractivity contribution is 5.81. The van der Waals surface area contributed by atoms with Gasteiger partial charge in [-0.1, -0.05) is 6.92 Å². The van der Waals surface area contributed by atoms with Gasteiger partial charge >= 0.3 is 0 Å². The van der Waals surface area contributed by atoms with Gasteiger partial charge in [-0.3, -0.25) is 9.59 Å². The van der Waals surface area contributed by atoms with Crippen LogP contribution >= 0.6 is 0 Å². The molecule has 0 aromatic rings. The lowest BCUT2D eigenvalue weighted by molar-refractivity contribution is -0.131. The number of rotatable bonds is 5. The maximum Gasteiger partial charge on any atom is 0.223 e. The zero-order valence-corrected chi connectivity index (χ0v) is 12.0. The van der Waals surface area contributed by atoms with E-state index in [9.17, 15) is 9.59 Å². The van der Waals surface area contributed by atoms with E-state index in [0.717, 1.165) is 51.1 Å². The number of amides is 2. The van der Waals surface area contributed by atoms with E-state index in [4.69, 9.17) is 0 Å². The molecule has 0 spiro atoms. The minimum atomic E-state index is 0.177. The Morgan fingerprint density at radius 3 is 2.68 bits per heavy atom. The van der Waals surface area contributed by atoms with Crippen LogP contribution in [0.5, 0.6) is 0 Å². The number of nitrogens with one attached hydrogen (secondary N) is 1. The summed E-state index contributed by atoms with van der Waals surface area (Å²) >= 11 is 0. The summed E-state index contributed by atoms with van der Waals surface area (Å²) in [4.78, 5) is 25.5. The minimum absolute atomic E-state index is 0.177. The molecule has 1 N–H and O–H groups in total. The molecule has 2 aliphatic rings. The summed E-state index contributed by atoms with van der Waals surface area (Å²) in [6.45, 7) is 4.73. The second-order valence-corrected chi connectivity index (χ2v) is 6.09. The fourth-order valence-electron chi connectivity index (χ4n) is 2.61. The number of carbonyl (C=O) groups is 2. The second-order valence-electron chi connectivity index (χ2n) is 6.09. The van der Waals surface area contributed by atoms with E-state index in [1.165, 1.54) is 6.42 Å². The zero-order valence-electron chi connectivity index (χ0n) is 12.0. The Hall–Kier alpha value is -1.06. The standard InChI is InChI=1S/C15H26N2O2/c1-12-4-3-10-17(11-8-12)14(18)5-2-9-16-15(19)13-6-7-13/h12-13H,2-11H2,1H3,(H,16,19). The summed E-state index contributed by atoms with van der Waals surface area (Å²) in [5.41, 5.74) is 0. The van der Waals surface area contributed by atoms with E-state index in [1.54, 1.807) is 0 Å². The van der Waals surface area contributed by atoms with Gasteiger partial charge in [0, 0.05) is 32.0 Å². The van der Waals surface area contributed by atoms with Crippen LogP contribution in [0.15, 0.2) is 0 Å². The van der Waals surface area contributed by atoms with Gasteiger partial charge in [-0.05, 0) is 44.4 Å². The molecule has 4 nitrogen and oxygen atoms in total. The van der Waals surface area contributed by atoms with Gasteiger partial charge in [0.1, 0.15) is 0 Å². The van der Waals surface area contributed by atoms with Crippen LogP contribution in [-0.2, 0) is 9.59 Å². The molecule has 2 rings (SSSR count). The first-order valence-corrected chi connectivity index (χ1v) is 7.72. The number of likely N-dealkylation sites (tertiary alicyclic amines) is 1. The summed E-state index contributed by atoms with van der Waals surface area (Å²) in [7, 11) is 0. The first-order valence-electron chi connectivity index (χ1n) is 7.72. The average molecular weight is 266 g/mol. The van der Waals surface area contributed by atoms with Crippen molar-refractivity contribution in [3.8, 4) is 0 Å². The zero-order chi connectivity index (χ0) is 13.7. The normalized spacial score (nSPS) is 23.8. The third-order valence-electron chi connectivity index (χ3n) is 4.18. The van der Waals surface area contributed by atoms with Crippen molar-refractivity contribution in [2.24, 2.45) is 11.8 Å². The smallest absolute Gasteiger partial charge is 0.223 e. The van der Waals surface area contributed by atoms with Crippen molar-refractivity contribution in [2.45, 2.75) is 51.9 Å². The van der Waals surface area contributed by atoms with Crippen LogP contribution in [0.3, 0.4) is 0 Å². The van der Waals surface area contributed by atoms with Gasteiger partial charge in [-0.15, -0.1) is 0 Å². The summed E-state index contributed by atoms with van der Waals surface area (Å²) in [6.07, 6.45) is 6.91. The summed E-state index contributed by atoms with van der Waals surface area (Å²) in [5, 5.41) is 2.91. The van der Waals surface area contributed by atoms with Crippen LogP contribution in [0.1, 0.15) is 51.9 Å². The van der Waals surface area contributed by atoms with Gasteiger partial charge in [0.15, 0.2) is 0 Å². The molecule has 0 radical (unpaired) electrons. The molecule has 1 aliphatic heterocycles. The highest BCUT2D eigenvalue weighted by Crippen LogP contribution is 2.28. The largest absolute Gasteiger partial charge is 0.356 e. The molecule has 0 bridgehead atoms. The Morgan fingerprint density at radius 1 is 1.16 bits per heavy atom. The molecule has 1 heterocycles. The molecule has 108 valence electrons. The highest BCUT2D eigenvalue weighted by Gasteiger charge is 2.29.